The van der Waals surface area contributed by atoms with Gasteiger partial charge >= 0.3 is 12.1 Å². The number of aromatic nitrogens is 1. The molecule has 0 radical (unpaired) electrons. The lowest BCUT2D eigenvalue weighted by atomic mass is 9.97. The smallest absolute Gasteiger partial charge is 0.452 e. The zero-order valence-electron chi connectivity index (χ0n) is 17.2. The number of hydrogen-bond acceptors (Lipinski definition) is 6. The number of rotatable bonds is 8. The number of aryl methyl sites for hydroxylation is 1. The molecule has 1 aliphatic carbocycles. The summed E-state index contributed by atoms with van der Waals surface area (Å²) in [4.78, 5) is 12.6. The molecule has 0 amide bonds. The molecule has 176 valence electrons. The van der Waals surface area contributed by atoms with Crippen LogP contribution in [0.25, 0.3) is 10.6 Å². The van der Waals surface area contributed by atoms with E-state index in [0.29, 0.717) is 6.07 Å². The van der Waals surface area contributed by atoms with Gasteiger partial charge in [0, 0.05) is 23.3 Å². The first-order valence-electron chi connectivity index (χ1n) is 9.94. The highest BCUT2D eigenvalue weighted by molar-refractivity contribution is 7.81. The first-order chi connectivity index (χ1) is 15.6. The average Bonchev–Trinajstić information content (AvgIpc) is 3.08. The number of thiophene rings is 1. The van der Waals surface area contributed by atoms with Crippen LogP contribution in [0.1, 0.15) is 42.6 Å². The van der Waals surface area contributed by atoms with Crippen LogP contribution in [0.5, 0.6) is 0 Å². The van der Waals surface area contributed by atoms with Gasteiger partial charge in [-0.25, -0.2) is 4.79 Å². The number of anilines is 1. The Balaban J connectivity index is 1.71. The van der Waals surface area contributed by atoms with Crippen LogP contribution in [0.2, 0.25) is 0 Å². The number of aliphatic carboxylic acids is 1. The van der Waals surface area contributed by atoms with E-state index in [4.69, 9.17) is 0 Å². The quantitative estimate of drug-likeness (QED) is 0.438. The van der Waals surface area contributed by atoms with Gasteiger partial charge in [-0.15, -0.1) is 11.3 Å². The molecule has 1 N–H and O–H groups in total. The van der Waals surface area contributed by atoms with E-state index in [0.717, 1.165) is 39.6 Å². The molecule has 12 heteroatoms. The van der Waals surface area contributed by atoms with Crippen molar-refractivity contribution in [2.24, 2.45) is 0 Å². The van der Waals surface area contributed by atoms with Crippen LogP contribution >= 0.6 is 11.3 Å². The Morgan fingerprint density at radius 1 is 1.36 bits per heavy atom. The number of nitrogens with zero attached hydrogens (tertiary/aromatic N) is 2. The first-order valence-corrected chi connectivity index (χ1v) is 11.8. The minimum Gasteiger partial charge on any atom is -0.755 e. The maximum atomic E-state index is 12.8. The van der Waals surface area contributed by atoms with Crippen molar-refractivity contribution in [2.45, 2.75) is 43.8 Å². The molecule has 3 unspecified atom stereocenters. The highest BCUT2D eigenvalue weighted by Crippen LogP contribution is 2.59. The van der Waals surface area contributed by atoms with Gasteiger partial charge in [0.25, 0.3) is 0 Å². The highest BCUT2D eigenvalue weighted by atomic mass is 32.2. The lowest BCUT2D eigenvalue weighted by molar-refractivity contribution is -0.155. The van der Waals surface area contributed by atoms with Crippen molar-refractivity contribution in [3.8, 4) is 10.6 Å². The van der Waals surface area contributed by atoms with E-state index in [1.54, 1.807) is 12.1 Å². The predicted molar refractivity (Wildman–Crippen MR) is 114 cm³/mol. The van der Waals surface area contributed by atoms with Gasteiger partial charge in [0.1, 0.15) is 10.7 Å². The molecule has 0 aliphatic heterocycles. The van der Waals surface area contributed by atoms with E-state index in [1.165, 1.54) is 12.1 Å². The van der Waals surface area contributed by atoms with Crippen molar-refractivity contribution < 1.29 is 36.4 Å². The molecule has 2 aromatic heterocycles. The van der Waals surface area contributed by atoms with Gasteiger partial charge in [0.15, 0.2) is 5.54 Å². The first kappa shape index (κ1) is 23.5. The average molecular weight is 500 g/mol. The molecule has 2 heterocycles. The normalized spacial score (nSPS) is 21.1. The molecule has 1 saturated carbocycles. The second-order valence-corrected chi connectivity index (χ2v) is 9.52. The molecule has 1 aliphatic rings. The molecule has 7 nitrogen and oxygen atoms in total. The number of benzene rings is 1. The lowest BCUT2D eigenvalue weighted by Gasteiger charge is -2.32. The molecule has 0 bridgehead atoms. The summed E-state index contributed by atoms with van der Waals surface area (Å²) in [5.41, 5.74) is -0.112. The van der Waals surface area contributed by atoms with E-state index in [9.17, 15) is 31.8 Å². The van der Waals surface area contributed by atoms with Gasteiger partial charge in [-0.2, -0.15) is 13.2 Å². The van der Waals surface area contributed by atoms with E-state index in [-0.39, 0.29) is 22.0 Å². The van der Waals surface area contributed by atoms with Crippen molar-refractivity contribution in [3.63, 3.8) is 0 Å². The van der Waals surface area contributed by atoms with Crippen molar-refractivity contribution in [1.82, 2.24) is 5.16 Å². The van der Waals surface area contributed by atoms with Crippen LogP contribution in [-0.2, 0) is 28.7 Å². The molecular weight excluding hydrogens is 481 g/mol. The molecular formula is C21H18F3N2O5S2-. The molecule has 0 spiro atoms. The Labute approximate surface area is 193 Å². The number of alkyl halides is 3. The van der Waals surface area contributed by atoms with Gasteiger partial charge in [0.2, 0.25) is 5.76 Å². The largest absolute Gasteiger partial charge is 0.755 e. The van der Waals surface area contributed by atoms with Crippen LogP contribution in [0.15, 0.2) is 47.0 Å². The summed E-state index contributed by atoms with van der Waals surface area (Å²) in [6.45, 7) is 1.99. The number of carboxylic acid groups (broad SMARTS) is 1. The standard InChI is InChI=1S/C21H19F3N2O5S2/c1-2-5-12-6-3-4-7-13(12)14-11-20(14,19(27)28)26(33(29)30)18-9-8-16(32-18)15-10-17(31-25-15)21(22,23)24/h3-4,6-10,14H,2,5,11H2,1H3,(H,27,28)(H,29,30)/p-1. The second kappa shape index (κ2) is 8.58. The summed E-state index contributed by atoms with van der Waals surface area (Å²) in [5, 5.41) is 13.6. The van der Waals surface area contributed by atoms with Gasteiger partial charge in [-0.1, -0.05) is 42.8 Å². The third-order valence-electron chi connectivity index (χ3n) is 5.60. The Morgan fingerprint density at radius 3 is 2.70 bits per heavy atom. The monoisotopic (exact) mass is 499 g/mol. The van der Waals surface area contributed by atoms with Gasteiger partial charge in [-0.05, 0) is 36.1 Å². The zero-order valence-corrected chi connectivity index (χ0v) is 18.8. The van der Waals surface area contributed by atoms with Crippen LogP contribution in [0.4, 0.5) is 18.2 Å². The molecule has 1 aromatic carbocycles. The molecule has 1 fully saturated rings. The predicted octanol–water partition coefficient (Wildman–Crippen LogP) is 4.99. The van der Waals surface area contributed by atoms with Crippen molar-refractivity contribution in [1.29, 1.82) is 0 Å². The Hall–Kier alpha value is -2.70. The third-order valence-corrected chi connectivity index (χ3v) is 7.63. The maximum absolute atomic E-state index is 12.8. The summed E-state index contributed by atoms with van der Waals surface area (Å²) in [6.07, 6.45) is -3.08. The minimum atomic E-state index is -4.71. The molecule has 4 rings (SSSR count). The Kier molecular flexibility index (Phi) is 6.10. The highest BCUT2D eigenvalue weighted by Gasteiger charge is 2.66. The topological polar surface area (TPSA) is 107 Å². The molecule has 0 saturated heterocycles. The van der Waals surface area contributed by atoms with Gasteiger partial charge < -0.3 is 14.2 Å². The van der Waals surface area contributed by atoms with Crippen LogP contribution in [0, 0.1) is 0 Å². The lowest BCUT2D eigenvalue weighted by Crippen LogP contribution is -2.46. The molecule has 3 atom stereocenters. The zero-order chi connectivity index (χ0) is 24.0. The SMILES string of the molecule is CCCc1ccccc1C1CC1(C(=O)O)N(c1ccc(-c2cc(C(F)(F)F)on2)s1)S(=O)[O-]. The third kappa shape index (κ3) is 4.18. The van der Waals surface area contributed by atoms with E-state index in [2.05, 4.69) is 9.68 Å². The van der Waals surface area contributed by atoms with E-state index < -0.39 is 40.6 Å². The Morgan fingerprint density at radius 2 is 2.09 bits per heavy atom. The fourth-order valence-electron chi connectivity index (χ4n) is 4.04. The van der Waals surface area contributed by atoms with E-state index in [1.807, 2.05) is 19.1 Å². The van der Waals surface area contributed by atoms with Gasteiger partial charge in [-0.3, -0.25) is 8.51 Å². The van der Waals surface area contributed by atoms with Crippen molar-refractivity contribution in [3.05, 3.63) is 59.4 Å². The molecule has 33 heavy (non-hydrogen) atoms. The van der Waals surface area contributed by atoms with E-state index >= 15 is 0 Å². The summed E-state index contributed by atoms with van der Waals surface area (Å²) in [5.74, 6) is -3.14. The number of hydrogen-bond donors (Lipinski definition) is 1. The van der Waals surface area contributed by atoms with Crippen molar-refractivity contribution in [2.75, 3.05) is 4.31 Å². The fraction of sp³-hybridized carbons (Fsp3) is 0.333. The van der Waals surface area contributed by atoms with Gasteiger partial charge in [0.05, 0.1) is 4.88 Å². The number of carboxylic acids is 1. The number of halogens is 3. The van der Waals surface area contributed by atoms with Crippen molar-refractivity contribution >= 4 is 33.6 Å². The minimum absolute atomic E-state index is 0.0627. The van der Waals surface area contributed by atoms with Crippen LogP contribution in [-0.4, -0.2) is 30.5 Å². The maximum Gasteiger partial charge on any atom is 0.452 e. The van der Waals surface area contributed by atoms with Crippen LogP contribution in [0.3, 0.4) is 0 Å². The Bertz CT molecular complexity index is 1210. The fourth-order valence-corrected chi connectivity index (χ4v) is 6.03. The molecule has 3 aromatic rings. The second-order valence-electron chi connectivity index (χ2n) is 7.66. The summed E-state index contributed by atoms with van der Waals surface area (Å²) in [7, 11) is 0. The summed E-state index contributed by atoms with van der Waals surface area (Å²) < 4.78 is 68.1. The summed E-state index contributed by atoms with van der Waals surface area (Å²) >= 11 is -2.13. The number of carbonyl (C=O) groups is 1. The summed E-state index contributed by atoms with van der Waals surface area (Å²) in [6, 6.07) is 10.8. The van der Waals surface area contributed by atoms with Crippen LogP contribution < -0.4 is 4.31 Å².